The Kier molecular flexibility index (Phi) is 3.50. The van der Waals surface area contributed by atoms with Gasteiger partial charge in [-0.15, -0.1) is 11.8 Å². The second-order valence-corrected chi connectivity index (χ2v) is 4.38. The molecule has 0 amide bonds. The van der Waals surface area contributed by atoms with E-state index in [1.54, 1.807) is 18.0 Å². The van der Waals surface area contributed by atoms with Crippen LogP contribution in [0.4, 0.5) is 0 Å². The molecule has 0 bridgehead atoms. The van der Waals surface area contributed by atoms with Gasteiger partial charge in [-0.25, -0.2) is 4.98 Å². The zero-order valence-corrected chi connectivity index (χ0v) is 10.7. The molecule has 17 heavy (non-hydrogen) atoms. The smallest absolute Gasteiger partial charge is 0.112 e. The molecule has 1 aromatic carbocycles. The van der Waals surface area contributed by atoms with Crippen molar-refractivity contribution in [1.29, 1.82) is 5.26 Å². The summed E-state index contributed by atoms with van der Waals surface area (Å²) in [6.45, 7) is 2.06. The van der Waals surface area contributed by atoms with E-state index in [0.717, 1.165) is 22.8 Å². The normalized spacial score (nSPS) is 10.2. The van der Waals surface area contributed by atoms with Gasteiger partial charge in [0.15, 0.2) is 0 Å². The van der Waals surface area contributed by atoms with Crippen LogP contribution in [0.25, 0.3) is 5.69 Å². The Morgan fingerprint density at radius 1 is 1.47 bits per heavy atom. The van der Waals surface area contributed by atoms with Crippen LogP contribution in [0, 0.1) is 11.3 Å². The molecule has 0 N–H and O–H groups in total. The molecule has 86 valence electrons. The molecule has 0 aliphatic heterocycles. The first-order valence-corrected chi connectivity index (χ1v) is 6.64. The molecule has 0 radical (unpaired) electrons. The number of nitrogens with zero attached hydrogens (tertiary/aromatic N) is 3. The molecule has 0 saturated carbocycles. The Hall–Kier alpha value is -1.73. The highest BCUT2D eigenvalue weighted by Crippen LogP contribution is 2.26. The van der Waals surface area contributed by atoms with Crippen LogP contribution >= 0.6 is 11.8 Å². The van der Waals surface area contributed by atoms with Crippen LogP contribution < -0.4 is 0 Å². The molecule has 0 saturated heterocycles. The van der Waals surface area contributed by atoms with Crippen molar-refractivity contribution in [3.05, 3.63) is 42.0 Å². The van der Waals surface area contributed by atoms with Crippen LogP contribution in [0.3, 0.4) is 0 Å². The van der Waals surface area contributed by atoms with Gasteiger partial charge >= 0.3 is 0 Å². The van der Waals surface area contributed by atoms with Gasteiger partial charge in [0.2, 0.25) is 0 Å². The third kappa shape index (κ3) is 2.06. The van der Waals surface area contributed by atoms with Gasteiger partial charge in [-0.05, 0) is 18.4 Å². The number of imidazole rings is 1. The lowest BCUT2D eigenvalue weighted by Crippen LogP contribution is -2.02. The lowest BCUT2D eigenvalue weighted by atomic mass is 10.2. The van der Waals surface area contributed by atoms with E-state index >= 15 is 0 Å². The van der Waals surface area contributed by atoms with E-state index in [4.69, 9.17) is 0 Å². The lowest BCUT2D eigenvalue weighted by molar-refractivity contribution is 0.886. The summed E-state index contributed by atoms with van der Waals surface area (Å²) in [6.07, 6.45) is 6.50. The van der Waals surface area contributed by atoms with Crippen LogP contribution in [0.5, 0.6) is 0 Å². The SMILES string of the molecule is CCc1nccn1-c1cccc(SC)c1C#N. The van der Waals surface area contributed by atoms with Gasteiger partial charge in [0.05, 0.1) is 11.3 Å². The molecule has 0 spiro atoms. The molecule has 0 unspecified atom stereocenters. The Labute approximate surface area is 105 Å². The predicted octanol–water partition coefficient (Wildman–Crippen LogP) is 3.03. The van der Waals surface area contributed by atoms with Crippen LogP contribution in [-0.4, -0.2) is 15.8 Å². The molecular formula is C13H13N3S. The first-order valence-electron chi connectivity index (χ1n) is 5.41. The number of aromatic nitrogens is 2. The summed E-state index contributed by atoms with van der Waals surface area (Å²) in [4.78, 5) is 5.29. The number of rotatable bonds is 3. The third-order valence-electron chi connectivity index (χ3n) is 2.63. The van der Waals surface area contributed by atoms with Crippen molar-refractivity contribution in [2.75, 3.05) is 6.26 Å². The van der Waals surface area contributed by atoms with E-state index in [1.807, 2.05) is 35.2 Å². The minimum Gasteiger partial charge on any atom is -0.302 e. The third-order valence-corrected chi connectivity index (χ3v) is 3.41. The van der Waals surface area contributed by atoms with Crippen molar-refractivity contribution >= 4 is 11.8 Å². The highest BCUT2D eigenvalue weighted by atomic mass is 32.2. The summed E-state index contributed by atoms with van der Waals surface area (Å²) in [5.74, 6) is 0.972. The summed E-state index contributed by atoms with van der Waals surface area (Å²) in [5, 5.41) is 9.30. The summed E-state index contributed by atoms with van der Waals surface area (Å²) in [7, 11) is 0. The molecule has 2 aromatic rings. The second-order valence-electron chi connectivity index (χ2n) is 3.53. The van der Waals surface area contributed by atoms with Gasteiger partial charge in [-0.2, -0.15) is 5.26 Å². The minimum atomic E-state index is 0.715. The largest absolute Gasteiger partial charge is 0.302 e. The topological polar surface area (TPSA) is 41.6 Å². The zero-order chi connectivity index (χ0) is 12.3. The Morgan fingerprint density at radius 3 is 2.94 bits per heavy atom. The Bertz CT molecular complexity index is 566. The molecule has 3 nitrogen and oxygen atoms in total. The van der Waals surface area contributed by atoms with E-state index in [9.17, 15) is 5.26 Å². The summed E-state index contributed by atoms with van der Waals surface area (Å²) in [5.41, 5.74) is 1.63. The van der Waals surface area contributed by atoms with Crippen molar-refractivity contribution in [2.24, 2.45) is 0 Å². The van der Waals surface area contributed by atoms with Crippen molar-refractivity contribution in [1.82, 2.24) is 9.55 Å². The fraction of sp³-hybridized carbons (Fsp3) is 0.231. The van der Waals surface area contributed by atoms with E-state index in [2.05, 4.69) is 18.0 Å². The van der Waals surface area contributed by atoms with Gasteiger partial charge in [-0.3, -0.25) is 0 Å². The molecule has 1 aromatic heterocycles. The van der Waals surface area contributed by atoms with E-state index < -0.39 is 0 Å². The summed E-state index contributed by atoms with van der Waals surface area (Å²) < 4.78 is 1.98. The van der Waals surface area contributed by atoms with Crippen molar-refractivity contribution in [3.63, 3.8) is 0 Å². The average molecular weight is 243 g/mol. The summed E-state index contributed by atoms with van der Waals surface area (Å²) in [6, 6.07) is 8.18. The molecule has 0 atom stereocenters. The first kappa shape index (κ1) is 11.7. The van der Waals surface area contributed by atoms with Crippen molar-refractivity contribution in [2.45, 2.75) is 18.2 Å². The molecular weight excluding hydrogens is 230 g/mol. The zero-order valence-electron chi connectivity index (χ0n) is 9.84. The fourth-order valence-electron chi connectivity index (χ4n) is 1.82. The second kappa shape index (κ2) is 5.07. The van der Waals surface area contributed by atoms with E-state index in [1.165, 1.54) is 0 Å². The molecule has 2 rings (SSSR count). The molecule has 0 aliphatic rings. The van der Waals surface area contributed by atoms with Crippen LogP contribution in [0.15, 0.2) is 35.5 Å². The van der Waals surface area contributed by atoms with Crippen molar-refractivity contribution < 1.29 is 0 Å². The molecule has 4 heteroatoms. The monoisotopic (exact) mass is 243 g/mol. The number of hydrogen-bond donors (Lipinski definition) is 0. The van der Waals surface area contributed by atoms with Crippen molar-refractivity contribution in [3.8, 4) is 11.8 Å². The van der Waals surface area contributed by atoms with E-state index in [0.29, 0.717) is 5.56 Å². The Morgan fingerprint density at radius 2 is 2.29 bits per heavy atom. The molecule has 1 heterocycles. The van der Waals surface area contributed by atoms with Gasteiger partial charge < -0.3 is 4.57 Å². The van der Waals surface area contributed by atoms with E-state index in [-0.39, 0.29) is 0 Å². The predicted molar refractivity (Wildman–Crippen MR) is 69.4 cm³/mol. The fourth-order valence-corrected chi connectivity index (χ4v) is 2.39. The van der Waals surface area contributed by atoms with Crippen LogP contribution in [0.1, 0.15) is 18.3 Å². The van der Waals surface area contributed by atoms with Gasteiger partial charge in [0.1, 0.15) is 11.9 Å². The molecule has 0 aliphatic carbocycles. The maximum absolute atomic E-state index is 9.30. The molecule has 0 fully saturated rings. The Balaban J connectivity index is 2.64. The quantitative estimate of drug-likeness (QED) is 0.778. The minimum absolute atomic E-state index is 0.715. The van der Waals surface area contributed by atoms with Gasteiger partial charge in [0, 0.05) is 23.7 Å². The highest BCUT2D eigenvalue weighted by molar-refractivity contribution is 7.98. The first-order chi connectivity index (χ1) is 8.31. The maximum Gasteiger partial charge on any atom is 0.112 e. The number of benzene rings is 1. The highest BCUT2D eigenvalue weighted by Gasteiger charge is 2.11. The van der Waals surface area contributed by atoms with Crippen LogP contribution in [-0.2, 0) is 6.42 Å². The number of hydrogen-bond acceptors (Lipinski definition) is 3. The van der Waals surface area contributed by atoms with Crippen LogP contribution in [0.2, 0.25) is 0 Å². The average Bonchev–Trinajstić information content (AvgIpc) is 2.85. The number of nitriles is 1. The van der Waals surface area contributed by atoms with Gasteiger partial charge in [0.25, 0.3) is 0 Å². The number of aryl methyl sites for hydroxylation is 1. The maximum atomic E-state index is 9.30. The number of thioether (sulfide) groups is 1. The summed E-state index contributed by atoms with van der Waals surface area (Å²) >= 11 is 1.59. The standard InChI is InChI=1S/C13H13N3S/c1-3-13-15-7-8-16(13)11-5-4-6-12(17-2)10(11)9-14/h4-8H,3H2,1-2H3. The lowest BCUT2D eigenvalue weighted by Gasteiger charge is -2.10. The van der Waals surface area contributed by atoms with Gasteiger partial charge in [-0.1, -0.05) is 13.0 Å².